The van der Waals surface area contributed by atoms with Crippen molar-refractivity contribution >= 4 is 34.6 Å². The molecule has 26 heavy (non-hydrogen) atoms. The van der Waals surface area contributed by atoms with Gasteiger partial charge in [-0.2, -0.15) is 0 Å². The van der Waals surface area contributed by atoms with Crippen molar-refractivity contribution in [2.75, 3.05) is 0 Å². The van der Waals surface area contributed by atoms with Crippen molar-refractivity contribution in [3.63, 3.8) is 0 Å². The van der Waals surface area contributed by atoms with Crippen LogP contribution in [-0.2, 0) is 4.79 Å². The molecule has 1 heterocycles. The molecule has 140 valence electrons. The van der Waals surface area contributed by atoms with Crippen LogP contribution in [0.3, 0.4) is 0 Å². The first-order chi connectivity index (χ1) is 12.2. The number of hydrogen-bond acceptors (Lipinski definition) is 4. The van der Waals surface area contributed by atoms with Crippen LogP contribution < -0.4 is 5.73 Å². The van der Waals surface area contributed by atoms with E-state index in [4.69, 9.17) is 17.3 Å². The van der Waals surface area contributed by atoms with Crippen LogP contribution in [0.1, 0.15) is 55.6 Å². The third-order valence-electron chi connectivity index (χ3n) is 4.57. The Hall–Kier alpha value is -1.79. The first kappa shape index (κ1) is 20.5. The van der Waals surface area contributed by atoms with Gasteiger partial charge in [0.1, 0.15) is 21.5 Å². The Balaban J connectivity index is 0.000000209. The molecule has 0 aliphatic heterocycles. The van der Waals surface area contributed by atoms with E-state index in [0.717, 1.165) is 24.2 Å². The first-order valence-electron chi connectivity index (χ1n) is 8.46. The monoisotopic (exact) mass is 396 g/mol. The predicted molar refractivity (Wildman–Crippen MR) is 103 cm³/mol. The Labute approximate surface area is 161 Å². The molecule has 1 aliphatic rings. The van der Waals surface area contributed by atoms with Crippen molar-refractivity contribution in [2.45, 2.75) is 46.0 Å². The fourth-order valence-corrected chi connectivity index (χ4v) is 3.57. The molecule has 3 rings (SSSR count). The molecule has 0 radical (unpaired) electrons. The van der Waals surface area contributed by atoms with E-state index in [0.29, 0.717) is 26.6 Å². The first-order valence-corrected chi connectivity index (χ1v) is 9.66. The number of amides is 1. The second-order valence-electron chi connectivity index (χ2n) is 6.61. The highest BCUT2D eigenvalue weighted by molar-refractivity contribution is 7.16. The fourth-order valence-electron chi connectivity index (χ4n) is 2.60. The predicted octanol–water partition coefficient (Wildman–Crippen LogP) is 5.25. The van der Waals surface area contributed by atoms with Crippen LogP contribution in [0.5, 0.6) is 0 Å². The van der Waals surface area contributed by atoms with Gasteiger partial charge in [0.25, 0.3) is 5.91 Å². The minimum atomic E-state index is -0.550. The number of aromatic nitrogens is 1. The van der Waals surface area contributed by atoms with Crippen LogP contribution in [0.15, 0.2) is 24.4 Å². The Morgan fingerprint density at radius 2 is 2.04 bits per heavy atom. The smallest absolute Gasteiger partial charge is 0.260 e. The average Bonchev–Trinajstić information content (AvgIpc) is 3.17. The number of carbonyl (C=O) groups excluding carboxylic acids is 2. The molecule has 1 fully saturated rings. The van der Waals surface area contributed by atoms with Crippen molar-refractivity contribution in [2.24, 2.45) is 11.1 Å². The number of nitrogens with zero attached hydrogens (tertiary/aromatic N) is 1. The number of primary amides is 1. The number of Topliss-reactive ketones (excluding diaryl/α,β-unsaturated/α-hetero) is 1. The molecule has 1 amide bonds. The zero-order chi connectivity index (χ0) is 19.3. The molecule has 0 bridgehead atoms. The highest BCUT2D eigenvalue weighted by Crippen LogP contribution is 2.52. The zero-order valence-corrected chi connectivity index (χ0v) is 16.4. The summed E-state index contributed by atoms with van der Waals surface area (Å²) in [5.74, 6) is -0.649. The molecule has 1 aromatic heterocycles. The number of hydrogen-bond donors (Lipinski definition) is 1. The van der Waals surface area contributed by atoms with Crippen molar-refractivity contribution in [1.82, 2.24) is 4.98 Å². The number of thiazole rings is 1. The molecule has 1 aliphatic carbocycles. The van der Waals surface area contributed by atoms with E-state index in [1.165, 1.54) is 37.6 Å². The van der Waals surface area contributed by atoms with Gasteiger partial charge in [-0.15, -0.1) is 11.3 Å². The Morgan fingerprint density at radius 1 is 1.35 bits per heavy atom. The summed E-state index contributed by atoms with van der Waals surface area (Å²) in [7, 11) is 0. The van der Waals surface area contributed by atoms with Gasteiger partial charge in [0.05, 0.1) is 6.20 Å². The minimum absolute atomic E-state index is 0.283. The van der Waals surface area contributed by atoms with Crippen LogP contribution in [0.2, 0.25) is 5.02 Å². The van der Waals surface area contributed by atoms with Gasteiger partial charge in [0.2, 0.25) is 0 Å². The Kier molecular flexibility index (Phi) is 6.89. The third-order valence-corrected chi connectivity index (χ3v) is 5.85. The zero-order valence-electron chi connectivity index (χ0n) is 14.9. The topological polar surface area (TPSA) is 73.1 Å². The average molecular weight is 397 g/mol. The number of ketones is 1. The Bertz CT molecular complexity index is 782. The minimum Gasteiger partial charge on any atom is -0.365 e. The van der Waals surface area contributed by atoms with Gasteiger partial charge in [-0.25, -0.2) is 9.37 Å². The van der Waals surface area contributed by atoms with Crippen LogP contribution in [-0.4, -0.2) is 16.7 Å². The van der Waals surface area contributed by atoms with Gasteiger partial charge in [0, 0.05) is 17.0 Å². The highest BCUT2D eigenvalue weighted by atomic mass is 35.5. The quantitative estimate of drug-likeness (QED) is 0.724. The molecule has 0 saturated heterocycles. The normalized spacial score (nSPS) is 14.3. The fraction of sp³-hybridized carbons (Fsp3) is 0.421. The van der Waals surface area contributed by atoms with E-state index in [1.54, 1.807) is 13.0 Å². The molecule has 2 N–H and O–H groups in total. The van der Waals surface area contributed by atoms with Crippen molar-refractivity contribution < 1.29 is 14.0 Å². The van der Waals surface area contributed by atoms with E-state index < -0.39 is 11.7 Å². The van der Waals surface area contributed by atoms with Gasteiger partial charge < -0.3 is 10.5 Å². The van der Waals surface area contributed by atoms with E-state index >= 15 is 0 Å². The third kappa shape index (κ3) is 5.88. The van der Waals surface area contributed by atoms with Gasteiger partial charge in [-0.05, 0) is 49.8 Å². The summed E-state index contributed by atoms with van der Waals surface area (Å²) in [6.45, 7) is 3.92. The number of benzene rings is 1. The standard InChI is InChI=1S/C10H6ClFN2OS.C9H16O/c11-6-1-5(2-7(12)3-6)10-14-4-8(16-10)9(13)15;1-3-9(6-7-9)5-4-8(2)10/h1-4H,(H2,13,15);3-7H2,1-2H3. The van der Waals surface area contributed by atoms with Crippen LogP contribution >= 0.6 is 22.9 Å². The maximum atomic E-state index is 13.1. The summed E-state index contributed by atoms with van der Waals surface area (Å²) < 4.78 is 13.1. The molecular weight excluding hydrogens is 375 g/mol. The van der Waals surface area contributed by atoms with Crippen molar-refractivity contribution in [1.29, 1.82) is 0 Å². The molecule has 7 heteroatoms. The van der Waals surface area contributed by atoms with Crippen LogP contribution in [0.4, 0.5) is 4.39 Å². The molecule has 0 unspecified atom stereocenters. The Morgan fingerprint density at radius 3 is 2.50 bits per heavy atom. The van der Waals surface area contributed by atoms with Gasteiger partial charge >= 0.3 is 0 Å². The summed E-state index contributed by atoms with van der Waals surface area (Å²) in [4.78, 5) is 25.8. The van der Waals surface area contributed by atoms with Crippen molar-refractivity contribution in [3.8, 4) is 10.6 Å². The van der Waals surface area contributed by atoms with E-state index in [-0.39, 0.29) is 5.02 Å². The molecule has 0 atom stereocenters. The van der Waals surface area contributed by atoms with E-state index in [1.807, 2.05) is 0 Å². The van der Waals surface area contributed by atoms with Crippen LogP contribution in [0, 0.1) is 11.2 Å². The number of halogens is 2. The maximum Gasteiger partial charge on any atom is 0.260 e. The van der Waals surface area contributed by atoms with Gasteiger partial charge in [0.15, 0.2) is 0 Å². The number of rotatable bonds is 6. The molecule has 4 nitrogen and oxygen atoms in total. The lowest BCUT2D eigenvalue weighted by atomic mass is 9.96. The molecule has 0 spiro atoms. The lowest BCUT2D eigenvalue weighted by molar-refractivity contribution is -0.117. The summed E-state index contributed by atoms with van der Waals surface area (Å²) >= 11 is 6.82. The van der Waals surface area contributed by atoms with Crippen molar-refractivity contribution in [3.05, 3.63) is 40.1 Å². The summed E-state index contributed by atoms with van der Waals surface area (Å²) in [5.41, 5.74) is 6.23. The summed E-state index contributed by atoms with van der Waals surface area (Å²) in [5, 5.41) is 0.793. The molecular formula is C19H22ClFN2O2S. The van der Waals surface area contributed by atoms with Crippen LogP contribution in [0.25, 0.3) is 10.6 Å². The SMILES string of the molecule is CCC1(CCC(C)=O)CC1.NC(=O)c1cnc(-c2cc(F)cc(Cl)c2)s1. The number of nitrogens with two attached hydrogens (primary N) is 1. The largest absolute Gasteiger partial charge is 0.365 e. The lowest BCUT2D eigenvalue weighted by Crippen LogP contribution is -2.08. The lowest BCUT2D eigenvalue weighted by Gasteiger charge is -2.09. The summed E-state index contributed by atoms with van der Waals surface area (Å²) in [6, 6.07) is 4.08. The second-order valence-corrected chi connectivity index (χ2v) is 8.07. The molecule has 2 aromatic rings. The molecule has 1 aromatic carbocycles. The summed E-state index contributed by atoms with van der Waals surface area (Å²) in [6.07, 6.45) is 7.28. The number of carbonyl (C=O) groups is 2. The second kappa shape index (κ2) is 8.73. The molecule has 1 saturated carbocycles. The van der Waals surface area contributed by atoms with E-state index in [9.17, 15) is 14.0 Å². The van der Waals surface area contributed by atoms with Gasteiger partial charge in [-0.1, -0.05) is 24.9 Å². The maximum absolute atomic E-state index is 13.1. The highest BCUT2D eigenvalue weighted by Gasteiger charge is 2.39. The van der Waals surface area contributed by atoms with E-state index in [2.05, 4.69) is 11.9 Å². The van der Waals surface area contributed by atoms with Gasteiger partial charge in [-0.3, -0.25) is 4.79 Å².